The molecule has 2 atom stereocenters. The highest BCUT2D eigenvalue weighted by Crippen LogP contribution is 2.26. The van der Waals surface area contributed by atoms with E-state index in [9.17, 15) is 19.1 Å². The van der Waals surface area contributed by atoms with Crippen molar-refractivity contribution in [2.24, 2.45) is 11.8 Å². The smallest absolute Gasteiger partial charge is 0.308 e. The largest absolute Gasteiger partial charge is 0.481 e. The Hall–Kier alpha value is -2.15. The third-order valence-electron chi connectivity index (χ3n) is 5.65. The van der Waals surface area contributed by atoms with E-state index < -0.39 is 17.7 Å². The van der Waals surface area contributed by atoms with E-state index in [0.29, 0.717) is 18.7 Å². The summed E-state index contributed by atoms with van der Waals surface area (Å²) in [6, 6.07) is 4.62. The molecule has 2 unspecified atom stereocenters. The number of carboxylic acid groups (broad SMARTS) is 1. The fraction of sp³-hybridized carbons (Fsp3) is 0.600. The average molecular weight is 377 g/mol. The van der Waals surface area contributed by atoms with Crippen molar-refractivity contribution >= 4 is 17.6 Å². The Morgan fingerprint density at radius 2 is 1.89 bits per heavy atom. The van der Waals surface area contributed by atoms with E-state index in [-0.39, 0.29) is 23.9 Å². The van der Waals surface area contributed by atoms with Crippen molar-refractivity contribution in [3.8, 4) is 0 Å². The number of benzene rings is 1. The monoisotopic (exact) mass is 377 g/mol. The Kier molecular flexibility index (Phi) is 5.99. The lowest BCUT2D eigenvalue weighted by Gasteiger charge is -2.36. The molecule has 0 spiro atoms. The Morgan fingerprint density at radius 3 is 2.48 bits per heavy atom. The van der Waals surface area contributed by atoms with Crippen LogP contribution in [0.5, 0.6) is 0 Å². The van der Waals surface area contributed by atoms with Gasteiger partial charge in [-0.2, -0.15) is 0 Å². The molecule has 0 saturated carbocycles. The van der Waals surface area contributed by atoms with E-state index in [0.717, 1.165) is 32.7 Å². The van der Waals surface area contributed by atoms with Crippen molar-refractivity contribution in [1.82, 2.24) is 9.80 Å². The lowest BCUT2D eigenvalue weighted by Crippen LogP contribution is -2.46. The number of hydrogen-bond donors (Lipinski definition) is 1. The normalized spacial score (nSPS) is 24.1. The maximum atomic E-state index is 14.7. The van der Waals surface area contributed by atoms with E-state index in [1.807, 2.05) is 11.8 Å². The van der Waals surface area contributed by atoms with Crippen LogP contribution in [0.25, 0.3) is 0 Å². The van der Waals surface area contributed by atoms with Crippen molar-refractivity contribution in [2.75, 3.05) is 50.7 Å². The van der Waals surface area contributed by atoms with Crippen molar-refractivity contribution in [2.45, 2.75) is 20.3 Å². The van der Waals surface area contributed by atoms with Gasteiger partial charge in [-0.05, 0) is 37.1 Å². The summed E-state index contributed by atoms with van der Waals surface area (Å²) >= 11 is 0. The summed E-state index contributed by atoms with van der Waals surface area (Å²) in [5, 5.41) is 9.28. The molecule has 2 heterocycles. The van der Waals surface area contributed by atoms with Gasteiger partial charge in [-0.15, -0.1) is 0 Å². The van der Waals surface area contributed by atoms with Crippen LogP contribution in [0, 0.1) is 17.7 Å². The summed E-state index contributed by atoms with van der Waals surface area (Å²) in [5.41, 5.74) is 0.805. The number of likely N-dealkylation sites (N-methyl/N-ethyl adjacent to an activating group) is 1. The molecular formula is C20H28FN3O3. The molecule has 2 aliphatic heterocycles. The van der Waals surface area contributed by atoms with E-state index >= 15 is 0 Å². The lowest BCUT2D eigenvalue weighted by atomic mass is 9.90. The van der Waals surface area contributed by atoms with Gasteiger partial charge in [0.25, 0.3) is 5.91 Å². The minimum atomic E-state index is -0.882. The molecule has 1 N–H and O–H groups in total. The Morgan fingerprint density at radius 1 is 1.19 bits per heavy atom. The summed E-state index contributed by atoms with van der Waals surface area (Å²) in [5.74, 6) is -2.02. The van der Waals surface area contributed by atoms with Gasteiger partial charge in [0.1, 0.15) is 5.82 Å². The number of aliphatic carboxylic acids is 1. The predicted octanol–water partition coefficient (Wildman–Crippen LogP) is 2.15. The number of anilines is 1. The first-order chi connectivity index (χ1) is 12.9. The van der Waals surface area contributed by atoms with Crippen molar-refractivity contribution in [3.63, 3.8) is 0 Å². The highest BCUT2D eigenvalue weighted by atomic mass is 19.1. The molecule has 0 bridgehead atoms. The van der Waals surface area contributed by atoms with E-state index in [1.165, 1.54) is 6.07 Å². The van der Waals surface area contributed by atoms with E-state index in [4.69, 9.17) is 0 Å². The first-order valence-electron chi connectivity index (χ1n) is 9.68. The fourth-order valence-corrected chi connectivity index (χ4v) is 4.08. The Labute approximate surface area is 159 Å². The third kappa shape index (κ3) is 4.40. The second kappa shape index (κ2) is 8.25. The molecule has 27 heavy (non-hydrogen) atoms. The molecule has 6 nitrogen and oxygen atoms in total. The summed E-state index contributed by atoms with van der Waals surface area (Å²) < 4.78 is 14.7. The van der Waals surface area contributed by atoms with E-state index in [2.05, 4.69) is 11.8 Å². The summed E-state index contributed by atoms with van der Waals surface area (Å²) in [7, 11) is 0. The van der Waals surface area contributed by atoms with Gasteiger partial charge in [0, 0.05) is 44.8 Å². The van der Waals surface area contributed by atoms with Crippen LogP contribution >= 0.6 is 0 Å². The zero-order valence-electron chi connectivity index (χ0n) is 16.0. The van der Waals surface area contributed by atoms with Gasteiger partial charge >= 0.3 is 5.97 Å². The summed E-state index contributed by atoms with van der Waals surface area (Å²) in [6.45, 7) is 9.07. The summed E-state index contributed by atoms with van der Waals surface area (Å²) in [4.78, 5) is 30.0. The molecule has 0 aliphatic carbocycles. The third-order valence-corrected chi connectivity index (χ3v) is 5.65. The average Bonchev–Trinajstić information content (AvgIpc) is 2.67. The van der Waals surface area contributed by atoms with Crippen LogP contribution in [0.3, 0.4) is 0 Å². The highest BCUT2D eigenvalue weighted by molar-refractivity contribution is 5.95. The molecule has 3 rings (SSSR count). The molecule has 1 aromatic carbocycles. The number of likely N-dealkylation sites (tertiary alicyclic amines) is 1. The molecule has 0 radical (unpaired) electrons. The van der Waals surface area contributed by atoms with Gasteiger partial charge in [-0.3, -0.25) is 9.59 Å². The van der Waals surface area contributed by atoms with Gasteiger partial charge in [0.2, 0.25) is 0 Å². The number of carbonyl (C=O) groups excluding carboxylic acids is 1. The summed E-state index contributed by atoms with van der Waals surface area (Å²) in [6.07, 6.45) is 0.566. The zero-order valence-corrected chi connectivity index (χ0v) is 16.0. The van der Waals surface area contributed by atoms with Crippen LogP contribution in [0.1, 0.15) is 30.6 Å². The standard InChI is InChI=1S/C20H28FN3O3/c1-3-22-6-8-23(9-7-22)18-5-4-15(11-17(18)21)19(25)24-12-14(2)10-16(13-24)20(26)27/h4-5,11,14,16H,3,6-10,12-13H2,1-2H3,(H,26,27). The maximum absolute atomic E-state index is 14.7. The van der Waals surface area contributed by atoms with Crippen LogP contribution in [0.15, 0.2) is 18.2 Å². The highest BCUT2D eigenvalue weighted by Gasteiger charge is 2.32. The van der Waals surface area contributed by atoms with Crippen molar-refractivity contribution < 1.29 is 19.1 Å². The lowest BCUT2D eigenvalue weighted by molar-refractivity contribution is -0.143. The number of carbonyl (C=O) groups is 2. The predicted molar refractivity (Wildman–Crippen MR) is 102 cm³/mol. The molecule has 1 aromatic rings. The minimum absolute atomic E-state index is 0.114. The van der Waals surface area contributed by atoms with Gasteiger partial charge in [-0.1, -0.05) is 13.8 Å². The van der Waals surface area contributed by atoms with Gasteiger partial charge in [0.15, 0.2) is 0 Å². The van der Waals surface area contributed by atoms with Crippen LogP contribution in [0.2, 0.25) is 0 Å². The SMILES string of the molecule is CCN1CCN(c2ccc(C(=O)N3CC(C)CC(C(=O)O)C3)cc2F)CC1. The van der Waals surface area contributed by atoms with Gasteiger partial charge in [0.05, 0.1) is 11.6 Å². The van der Waals surface area contributed by atoms with Gasteiger partial charge < -0.3 is 19.8 Å². The molecule has 1 amide bonds. The maximum Gasteiger partial charge on any atom is 0.308 e. The Balaban J connectivity index is 1.71. The second-order valence-electron chi connectivity index (χ2n) is 7.67. The quantitative estimate of drug-likeness (QED) is 0.871. The molecule has 2 saturated heterocycles. The number of amides is 1. The topological polar surface area (TPSA) is 64.1 Å². The van der Waals surface area contributed by atoms with Crippen molar-refractivity contribution in [1.29, 1.82) is 0 Å². The van der Waals surface area contributed by atoms with Gasteiger partial charge in [-0.25, -0.2) is 4.39 Å². The number of carboxylic acids is 1. The molecular weight excluding hydrogens is 349 g/mol. The molecule has 7 heteroatoms. The number of hydrogen-bond acceptors (Lipinski definition) is 4. The number of piperidine rings is 1. The zero-order chi connectivity index (χ0) is 19.6. The molecule has 2 aliphatic rings. The number of piperazine rings is 1. The number of rotatable bonds is 4. The van der Waals surface area contributed by atoms with Crippen LogP contribution in [0.4, 0.5) is 10.1 Å². The van der Waals surface area contributed by atoms with Crippen LogP contribution < -0.4 is 4.90 Å². The van der Waals surface area contributed by atoms with Crippen LogP contribution in [-0.2, 0) is 4.79 Å². The first kappa shape index (κ1) is 19.6. The minimum Gasteiger partial charge on any atom is -0.481 e. The molecule has 2 fully saturated rings. The van der Waals surface area contributed by atoms with E-state index in [1.54, 1.807) is 17.0 Å². The Bertz CT molecular complexity index is 704. The molecule has 148 valence electrons. The molecule has 0 aromatic heterocycles. The van der Waals surface area contributed by atoms with Crippen molar-refractivity contribution in [3.05, 3.63) is 29.6 Å². The number of halogens is 1. The second-order valence-corrected chi connectivity index (χ2v) is 7.67. The fourth-order valence-electron chi connectivity index (χ4n) is 4.08. The van der Waals surface area contributed by atoms with Crippen LogP contribution in [-0.4, -0.2) is 72.6 Å². The number of nitrogens with zero attached hydrogens (tertiary/aromatic N) is 3. The first-order valence-corrected chi connectivity index (χ1v) is 9.68.